The number of aromatic nitrogens is 2. The van der Waals surface area contributed by atoms with Crippen molar-refractivity contribution in [1.82, 2.24) is 10.2 Å². The van der Waals surface area contributed by atoms with Crippen molar-refractivity contribution in [2.24, 2.45) is 0 Å². The lowest BCUT2D eigenvalue weighted by molar-refractivity contribution is 0.0247. The van der Waals surface area contributed by atoms with Crippen LogP contribution in [0.5, 0.6) is 0 Å². The number of nitrogens with zero attached hydrogens (tertiary/aromatic N) is 2. The molecule has 0 saturated carbocycles. The molecular formula is C14H16ClN3O. The largest absolute Gasteiger partial charge is 0.376 e. The van der Waals surface area contributed by atoms with E-state index in [2.05, 4.69) is 15.5 Å². The van der Waals surface area contributed by atoms with Gasteiger partial charge in [-0.15, -0.1) is 10.2 Å². The highest BCUT2D eigenvalue weighted by molar-refractivity contribution is 6.34. The predicted octanol–water partition coefficient (Wildman–Crippen LogP) is 3.26. The van der Waals surface area contributed by atoms with E-state index < -0.39 is 0 Å². The molecular weight excluding hydrogens is 262 g/mol. The Kier molecular flexibility index (Phi) is 3.80. The lowest BCUT2D eigenvalue weighted by Gasteiger charge is -2.23. The van der Waals surface area contributed by atoms with Crippen LogP contribution in [0.2, 0.25) is 5.15 Å². The Hall–Kier alpha value is -1.39. The minimum absolute atomic E-state index is 0.269. The van der Waals surface area contributed by atoms with Crippen molar-refractivity contribution < 1.29 is 4.74 Å². The first-order valence-corrected chi connectivity index (χ1v) is 6.99. The van der Waals surface area contributed by atoms with Gasteiger partial charge >= 0.3 is 0 Å². The van der Waals surface area contributed by atoms with E-state index in [-0.39, 0.29) is 6.10 Å². The monoisotopic (exact) mass is 277 g/mol. The molecule has 1 N–H and O–H groups in total. The lowest BCUT2D eigenvalue weighted by Crippen LogP contribution is -2.27. The maximum Gasteiger partial charge on any atom is 0.159 e. The number of fused-ring (bicyclic) bond motifs is 1. The van der Waals surface area contributed by atoms with Gasteiger partial charge in [0, 0.05) is 23.9 Å². The van der Waals surface area contributed by atoms with Crippen molar-refractivity contribution in [3.8, 4) is 0 Å². The molecule has 4 nitrogen and oxygen atoms in total. The summed E-state index contributed by atoms with van der Waals surface area (Å²) in [5.41, 5.74) is 0. The summed E-state index contributed by atoms with van der Waals surface area (Å²) in [5.74, 6) is 0.772. The molecule has 1 unspecified atom stereocenters. The highest BCUT2D eigenvalue weighted by atomic mass is 35.5. The number of anilines is 1. The highest BCUT2D eigenvalue weighted by Crippen LogP contribution is 2.25. The second-order valence-corrected chi connectivity index (χ2v) is 5.11. The summed E-state index contributed by atoms with van der Waals surface area (Å²) in [6.45, 7) is 1.62. The Morgan fingerprint density at radius 2 is 2.05 bits per heavy atom. The molecule has 5 heteroatoms. The van der Waals surface area contributed by atoms with Crippen LogP contribution in [0.1, 0.15) is 19.3 Å². The second kappa shape index (κ2) is 5.72. The van der Waals surface area contributed by atoms with Gasteiger partial charge < -0.3 is 10.1 Å². The molecule has 0 bridgehead atoms. The van der Waals surface area contributed by atoms with Crippen molar-refractivity contribution in [2.45, 2.75) is 25.4 Å². The Labute approximate surface area is 117 Å². The van der Waals surface area contributed by atoms with E-state index >= 15 is 0 Å². The number of rotatable bonds is 3. The van der Waals surface area contributed by atoms with Crippen molar-refractivity contribution in [2.75, 3.05) is 18.5 Å². The molecule has 2 heterocycles. The Morgan fingerprint density at radius 1 is 1.21 bits per heavy atom. The number of nitrogens with one attached hydrogen (secondary N) is 1. The quantitative estimate of drug-likeness (QED) is 0.935. The van der Waals surface area contributed by atoms with Gasteiger partial charge in [-0.2, -0.15) is 0 Å². The van der Waals surface area contributed by atoms with Gasteiger partial charge in [0.05, 0.1) is 6.10 Å². The Bertz CT molecular complexity index is 570. The van der Waals surface area contributed by atoms with Crippen LogP contribution in [-0.2, 0) is 4.74 Å². The van der Waals surface area contributed by atoms with E-state index in [0.29, 0.717) is 5.15 Å². The van der Waals surface area contributed by atoms with Gasteiger partial charge in [0.1, 0.15) is 0 Å². The first-order chi connectivity index (χ1) is 9.34. The Morgan fingerprint density at radius 3 is 2.84 bits per heavy atom. The van der Waals surface area contributed by atoms with Gasteiger partial charge in [-0.3, -0.25) is 0 Å². The fourth-order valence-electron chi connectivity index (χ4n) is 2.38. The molecule has 2 aromatic rings. The standard InChI is InChI=1S/C14H16ClN3O/c15-13-11-6-1-2-7-12(11)14(18-17-13)16-9-10-5-3-4-8-19-10/h1-2,6-7,10H,3-5,8-9H2,(H,16,18). The van der Waals surface area contributed by atoms with E-state index in [1.54, 1.807) is 0 Å². The molecule has 1 aromatic carbocycles. The number of ether oxygens (including phenoxy) is 1. The van der Waals surface area contributed by atoms with Crippen molar-refractivity contribution in [3.63, 3.8) is 0 Å². The maximum atomic E-state index is 6.05. The summed E-state index contributed by atoms with van der Waals surface area (Å²) in [7, 11) is 0. The van der Waals surface area contributed by atoms with Crippen molar-refractivity contribution in [1.29, 1.82) is 0 Å². The number of hydrogen-bond donors (Lipinski definition) is 1. The van der Waals surface area contributed by atoms with Gasteiger partial charge in [0.15, 0.2) is 11.0 Å². The first kappa shape index (κ1) is 12.6. The molecule has 1 aromatic heterocycles. The molecule has 3 rings (SSSR count). The van der Waals surface area contributed by atoms with Crippen molar-refractivity contribution >= 4 is 28.2 Å². The zero-order valence-corrected chi connectivity index (χ0v) is 11.4. The van der Waals surface area contributed by atoms with Gasteiger partial charge in [0.2, 0.25) is 0 Å². The van der Waals surface area contributed by atoms with E-state index in [9.17, 15) is 0 Å². The van der Waals surface area contributed by atoms with E-state index in [1.807, 2.05) is 24.3 Å². The molecule has 100 valence electrons. The number of halogens is 1. The summed E-state index contributed by atoms with van der Waals surface area (Å²) in [6.07, 6.45) is 3.77. The van der Waals surface area contributed by atoms with Gasteiger partial charge in [-0.1, -0.05) is 35.9 Å². The minimum Gasteiger partial charge on any atom is -0.376 e. The molecule has 1 aliphatic rings. The molecule has 0 amide bonds. The van der Waals surface area contributed by atoms with Crippen LogP contribution in [0.4, 0.5) is 5.82 Å². The van der Waals surface area contributed by atoms with Gasteiger partial charge in [-0.25, -0.2) is 0 Å². The van der Waals surface area contributed by atoms with Gasteiger partial charge in [-0.05, 0) is 19.3 Å². The van der Waals surface area contributed by atoms with Gasteiger partial charge in [0.25, 0.3) is 0 Å². The third kappa shape index (κ3) is 2.80. The normalized spacial score (nSPS) is 19.5. The van der Waals surface area contributed by atoms with Crippen LogP contribution in [0.3, 0.4) is 0 Å². The summed E-state index contributed by atoms with van der Waals surface area (Å²) < 4.78 is 5.70. The predicted molar refractivity (Wildman–Crippen MR) is 76.6 cm³/mol. The fraction of sp³-hybridized carbons (Fsp3) is 0.429. The van der Waals surface area contributed by atoms with Crippen LogP contribution in [-0.4, -0.2) is 29.5 Å². The minimum atomic E-state index is 0.269. The molecule has 1 saturated heterocycles. The topological polar surface area (TPSA) is 47.0 Å². The summed E-state index contributed by atoms with van der Waals surface area (Å²) >= 11 is 6.05. The summed E-state index contributed by atoms with van der Waals surface area (Å²) in [6, 6.07) is 7.88. The summed E-state index contributed by atoms with van der Waals surface area (Å²) in [5, 5.41) is 13.8. The van der Waals surface area contributed by atoms with Crippen LogP contribution in [0.25, 0.3) is 10.8 Å². The molecule has 1 fully saturated rings. The van der Waals surface area contributed by atoms with Crippen molar-refractivity contribution in [3.05, 3.63) is 29.4 Å². The molecule has 1 atom stereocenters. The molecule has 19 heavy (non-hydrogen) atoms. The number of benzene rings is 1. The fourth-order valence-corrected chi connectivity index (χ4v) is 2.58. The zero-order valence-electron chi connectivity index (χ0n) is 10.6. The molecule has 0 aliphatic carbocycles. The van der Waals surface area contributed by atoms with E-state index in [1.165, 1.54) is 12.8 Å². The van der Waals surface area contributed by atoms with Crippen LogP contribution < -0.4 is 5.32 Å². The SMILES string of the molecule is Clc1nnc(NCC2CCCCO2)c2ccccc12. The van der Waals surface area contributed by atoms with Crippen LogP contribution in [0, 0.1) is 0 Å². The second-order valence-electron chi connectivity index (χ2n) is 4.75. The van der Waals surface area contributed by atoms with Crippen LogP contribution in [0.15, 0.2) is 24.3 Å². The number of hydrogen-bond acceptors (Lipinski definition) is 4. The average molecular weight is 278 g/mol. The smallest absolute Gasteiger partial charge is 0.159 e. The third-order valence-electron chi connectivity index (χ3n) is 3.41. The van der Waals surface area contributed by atoms with E-state index in [4.69, 9.17) is 16.3 Å². The molecule has 0 radical (unpaired) electrons. The summed E-state index contributed by atoms with van der Waals surface area (Å²) in [4.78, 5) is 0. The third-order valence-corrected chi connectivity index (χ3v) is 3.69. The molecule has 0 spiro atoms. The van der Waals surface area contributed by atoms with E-state index in [0.717, 1.165) is 36.2 Å². The maximum absolute atomic E-state index is 6.05. The average Bonchev–Trinajstić information content (AvgIpc) is 2.48. The Balaban J connectivity index is 1.79. The lowest BCUT2D eigenvalue weighted by atomic mass is 10.1. The van der Waals surface area contributed by atoms with Crippen LogP contribution >= 0.6 is 11.6 Å². The molecule has 1 aliphatic heterocycles. The zero-order chi connectivity index (χ0) is 13.1. The first-order valence-electron chi connectivity index (χ1n) is 6.61. The highest BCUT2D eigenvalue weighted by Gasteiger charge is 2.14.